The van der Waals surface area contributed by atoms with E-state index in [0.717, 1.165) is 23.4 Å². The third-order valence-electron chi connectivity index (χ3n) is 2.53. The van der Waals surface area contributed by atoms with Crippen molar-refractivity contribution in [2.75, 3.05) is 0 Å². The average Bonchev–Trinajstić information content (AvgIpc) is 2.88. The molecule has 6 heteroatoms. The lowest BCUT2D eigenvalue weighted by Gasteiger charge is -2.25. The molecule has 1 aliphatic heterocycles. The van der Waals surface area contributed by atoms with Gasteiger partial charge in [0.1, 0.15) is 9.35 Å². The molecule has 0 saturated heterocycles. The quantitative estimate of drug-likeness (QED) is 0.681. The summed E-state index contributed by atoms with van der Waals surface area (Å²) in [4.78, 5) is 0. The smallest absolute Gasteiger partial charge is 0.233 e. The van der Waals surface area contributed by atoms with E-state index in [1.807, 2.05) is 0 Å². The van der Waals surface area contributed by atoms with Crippen LogP contribution in [0.1, 0.15) is 18.4 Å². The van der Waals surface area contributed by atoms with Gasteiger partial charge in [-0.1, -0.05) is 12.2 Å². The van der Waals surface area contributed by atoms with Gasteiger partial charge in [0.05, 0.1) is 5.54 Å². The zero-order valence-electron chi connectivity index (χ0n) is 7.08. The van der Waals surface area contributed by atoms with Crippen molar-refractivity contribution in [3.63, 3.8) is 0 Å². The minimum Gasteiger partial charge on any atom is -0.361 e. The Morgan fingerprint density at radius 2 is 2.29 bits per heavy atom. The summed E-state index contributed by atoms with van der Waals surface area (Å²) in [5, 5.41) is 11.2. The minimum absolute atomic E-state index is 0.131. The van der Waals surface area contributed by atoms with Gasteiger partial charge in [-0.05, 0) is 24.6 Å². The van der Waals surface area contributed by atoms with Gasteiger partial charge in [-0.25, -0.2) is 0 Å². The molecule has 0 aromatic carbocycles. The number of thiocarbonyl (C=S) groups is 1. The molecule has 0 bridgehead atoms. The average molecular weight is 227 g/mol. The van der Waals surface area contributed by atoms with Crippen LogP contribution in [0.5, 0.6) is 0 Å². The van der Waals surface area contributed by atoms with E-state index in [4.69, 9.17) is 12.2 Å². The molecular formula is C8H6FN3S2. The van der Waals surface area contributed by atoms with Gasteiger partial charge in [-0.3, -0.25) is 0 Å². The number of rotatable bonds is 0. The van der Waals surface area contributed by atoms with Crippen molar-refractivity contribution in [2.45, 2.75) is 23.4 Å². The van der Waals surface area contributed by atoms with Gasteiger partial charge in [0, 0.05) is 11.6 Å². The number of halogens is 1. The molecule has 1 aliphatic carbocycles. The lowest BCUT2D eigenvalue weighted by molar-refractivity contribution is 0.530. The van der Waals surface area contributed by atoms with Crippen LogP contribution in [-0.4, -0.2) is 14.5 Å². The second kappa shape index (κ2) is 2.64. The number of nitrogens with one attached hydrogen (secondary N) is 1. The van der Waals surface area contributed by atoms with Gasteiger partial charge < -0.3 is 5.32 Å². The van der Waals surface area contributed by atoms with Crippen molar-refractivity contribution in [3.8, 4) is 0 Å². The van der Waals surface area contributed by atoms with E-state index >= 15 is 0 Å². The summed E-state index contributed by atoms with van der Waals surface area (Å²) in [7, 11) is 0. The van der Waals surface area contributed by atoms with E-state index in [1.165, 1.54) is 17.8 Å². The van der Waals surface area contributed by atoms with Crippen LogP contribution < -0.4 is 5.32 Å². The van der Waals surface area contributed by atoms with Crippen molar-refractivity contribution in [3.05, 3.63) is 17.6 Å². The number of thioether (sulfide) groups is 1. The molecule has 3 nitrogen and oxygen atoms in total. The van der Waals surface area contributed by atoms with Gasteiger partial charge in [-0.15, -0.1) is 10.2 Å². The molecule has 1 aromatic heterocycles. The van der Waals surface area contributed by atoms with E-state index in [0.29, 0.717) is 4.32 Å². The molecule has 1 fully saturated rings. The van der Waals surface area contributed by atoms with Crippen LogP contribution in [0.15, 0.2) is 11.1 Å². The maximum absolute atomic E-state index is 12.9. The van der Waals surface area contributed by atoms with Crippen molar-refractivity contribution in [1.82, 2.24) is 15.5 Å². The van der Waals surface area contributed by atoms with Gasteiger partial charge in [0.2, 0.25) is 5.95 Å². The summed E-state index contributed by atoms with van der Waals surface area (Å²) < 4.78 is 13.6. The van der Waals surface area contributed by atoms with Crippen molar-refractivity contribution in [1.29, 1.82) is 0 Å². The Labute approximate surface area is 89.5 Å². The highest BCUT2D eigenvalue weighted by Gasteiger charge is 2.49. The SMILES string of the molecule is Fc1cc2c(nn1)SC(=S)NC21CC1. The van der Waals surface area contributed by atoms with Gasteiger partial charge in [0.25, 0.3) is 0 Å². The van der Waals surface area contributed by atoms with Crippen LogP contribution in [0.25, 0.3) is 0 Å². The first-order valence-electron chi connectivity index (χ1n) is 4.23. The monoisotopic (exact) mass is 227 g/mol. The molecule has 0 radical (unpaired) electrons. The molecule has 72 valence electrons. The predicted molar refractivity (Wildman–Crippen MR) is 54.5 cm³/mol. The highest BCUT2D eigenvalue weighted by atomic mass is 32.2. The fourth-order valence-electron chi connectivity index (χ4n) is 1.67. The maximum Gasteiger partial charge on any atom is 0.233 e. The summed E-state index contributed by atoms with van der Waals surface area (Å²) >= 11 is 6.44. The zero-order valence-corrected chi connectivity index (χ0v) is 8.71. The zero-order chi connectivity index (χ0) is 9.76. The van der Waals surface area contributed by atoms with Gasteiger partial charge in [0.15, 0.2) is 0 Å². The fourth-order valence-corrected chi connectivity index (χ4v) is 2.97. The number of fused-ring (bicyclic) bond motifs is 2. The summed E-state index contributed by atoms with van der Waals surface area (Å²) in [6, 6.07) is 1.46. The van der Waals surface area contributed by atoms with Gasteiger partial charge >= 0.3 is 0 Å². The molecular weight excluding hydrogens is 221 g/mol. The molecule has 0 amide bonds. The highest BCUT2D eigenvalue weighted by Crippen LogP contribution is 2.51. The van der Waals surface area contributed by atoms with E-state index in [1.54, 1.807) is 0 Å². The summed E-state index contributed by atoms with van der Waals surface area (Å²) in [5.74, 6) is -0.523. The molecule has 1 aromatic rings. The Balaban J connectivity index is 2.18. The van der Waals surface area contributed by atoms with Crippen LogP contribution >= 0.6 is 24.0 Å². The molecule has 2 aliphatic rings. The Bertz CT molecular complexity index is 431. The van der Waals surface area contributed by atoms with Crippen molar-refractivity contribution in [2.24, 2.45) is 0 Å². The molecule has 14 heavy (non-hydrogen) atoms. The Morgan fingerprint density at radius 3 is 3.00 bits per heavy atom. The van der Waals surface area contributed by atoms with Crippen LogP contribution in [0.3, 0.4) is 0 Å². The molecule has 0 atom stereocenters. The van der Waals surface area contributed by atoms with Crippen LogP contribution in [0, 0.1) is 5.95 Å². The van der Waals surface area contributed by atoms with Crippen LogP contribution in [0.2, 0.25) is 0 Å². The number of hydrogen-bond acceptors (Lipinski definition) is 4. The topological polar surface area (TPSA) is 37.8 Å². The molecule has 3 rings (SSSR count). The summed E-state index contributed by atoms with van der Waals surface area (Å²) in [5.41, 5.74) is 0.776. The second-order valence-electron chi connectivity index (χ2n) is 3.48. The van der Waals surface area contributed by atoms with E-state index in [2.05, 4.69) is 15.5 Å². The number of aromatic nitrogens is 2. The summed E-state index contributed by atoms with van der Waals surface area (Å²) in [6.07, 6.45) is 1.98. The molecule has 2 heterocycles. The van der Waals surface area contributed by atoms with Crippen LogP contribution in [-0.2, 0) is 5.54 Å². The second-order valence-corrected chi connectivity index (χ2v) is 5.15. The normalized spacial score (nSPS) is 21.6. The van der Waals surface area contributed by atoms with E-state index < -0.39 is 5.95 Å². The molecule has 1 saturated carbocycles. The third-order valence-corrected chi connectivity index (χ3v) is 3.66. The van der Waals surface area contributed by atoms with E-state index in [9.17, 15) is 4.39 Å². The summed E-state index contributed by atoms with van der Waals surface area (Å²) in [6.45, 7) is 0. The molecule has 1 N–H and O–H groups in total. The molecule has 0 unspecified atom stereocenters. The first-order valence-corrected chi connectivity index (χ1v) is 5.46. The number of hydrogen-bond donors (Lipinski definition) is 1. The Kier molecular flexibility index (Phi) is 1.61. The highest BCUT2D eigenvalue weighted by molar-refractivity contribution is 8.23. The Hall–Kier alpha value is -0.750. The first-order chi connectivity index (χ1) is 6.70. The first kappa shape index (κ1) is 8.55. The molecule has 1 spiro atoms. The van der Waals surface area contributed by atoms with E-state index in [-0.39, 0.29) is 5.54 Å². The lowest BCUT2D eigenvalue weighted by atomic mass is 10.1. The third kappa shape index (κ3) is 1.14. The van der Waals surface area contributed by atoms with Gasteiger partial charge in [-0.2, -0.15) is 4.39 Å². The lowest BCUT2D eigenvalue weighted by Crippen LogP contribution is -2.36. The predicted octanol–water partition coefficient (Wildman–Crippen LogP) is 1.59. The van der Waals surface area contributed by atoms with Crippen LogP contribution in [0.4, 0.5) is 4.39 Å². The fraction of sp³-hybridized carbons (Fsp3) is 0.375. The standard InChI is InChI=1S/C8H6FN3S2/c9-5-3-4-6(12-11-5)14-7(13)10-8(4)1-2-8/h3H,1-2H2,(H,10,13). The van der Waals surface area contributed by atoms with Crippen molar-refractivity contribution >= 4 is 28.3 Å². The maximum atomic E-state index is 12.9. The largest absolute Gasteiger partial charge is 0.361 e. The number of nitrogens with zero attached hydrogens (tertiary/aromatic N) is 2. The Morgan fingerprint density at radius 1 is 1.50 bits per heavy atom. The van der Waals surface area contributed by atoms with Crippen molar-refractivity contribution < 1.29 is 4.39 Å². The minimum atomic E-state index is -0.523.